The molecule has 1 heterocycles. The van der Waals surface area contributed by atoms with Gasteiger partial charge in [-0.15, -0.1) is 0 Å². The van der Waals surface area contributed by atoms with E-state index in [1.54, 1.807) is 0 Å². The van der Waals surface area contributed by atoms with Gasteiger partial charge >= 0.3 is 12.3 Å². The van der Waals surface area contributed by atoms with Gasteiger partial charge in [0.25, 0.3) is 0 Å². The smallest absolute Gasteiger partial charge is 0.324 e. The minimum atomic E-state index is -4.05. The van der Waals surface area contributed by atoms with Crippen molar-refractivity contribution >= 4 is 16.7 Å². The van der Waals surface area contributed by atoms with Crippen LogP contribution in [0.3, 0.4) is 0 Å². The fourth-order valence-electron chi connectivity index (χ4n) is 0.812. The van der Waals surface area contributed by atoms with Crippen LogP contribution in [0.5, 0.6) is 0 Å². The predicted octanol–water partition coefficient (Wildman–Crippen LogP) is 2.97. The average molecular weight is 257 g/mol. The van der Waals surface area contributed by atoms with Crippen LogP contribution in [0.4, 0.5) is 22.7 Å². The van der Waals surface area contributed by atoms with Crippen molar-refractivity contribution in [1.82, 2.24) is 9.36 Å². The van der Waals surface area contributed by atoms with E-state index in [4.69, 9.17) is 0 Å². The Morgan fingerprint density at radius 1 is 1.38 bits per heavy atom. The maximum absolute atomic E-state index is 12.5. The molecule has 0 saturated carbocycles. The van der Waals surface area contributed by atoms with Crippen molar-refractivity contribution < 1.29 is 17.6 Å². The monoisotopic (exact) mass is 257 g/mol. The Bertz CT molecular complexity index is 340. The summed E-state index contributed by atoms with van der Waals surface area (Å²) in [6, 6.07) is 0. The van der Waals surface area contributed by atoms with E-state index in [-0.39, 0.29) is 11.0 Å². The van der Waals surface area contributed by atoms with Gasteiger partial charge in [0.2, 0.25) is 5.13 Å². The van der Waals surface area contributed by atoms with Crippen LogP contribution in [0.15, 0.2) is 0 Å². The Kier molecular flexibility index (Phi) is 4.06. The molecule has 1 N–H and O–H groups in total. The van der Waals surface area contributed by atoms with Crippen molar-refractivity contribution in [2.24, 2.45) is 0 Å². The highest BCUT2D eigenvalue weighted by Gasteiger charge is 2.40. The zero-order valence-corrected chi connectivity index (χ0v) is 9.49. The molecule has 16 heavy (non-hydrogen) atoms. The molecular weight excluding hydrogens is 246 g/mol. The predicted molar refractivity (Wildman–Crippen MR) is 53.4 cm³/mol. The van der Waals surface area contributed by atoms with Crippen molar-refractivity contribution in [1.29, 1.82) is 0 Å². The second-order valence-electron chi connectivity index (χ2n) is 3.53. The zero-order valence-electron chi connectivity index (χ0n) is 8.68. The number of hydrogen-bond donors (Lipinski definition) is 1. The van der Waals surface area contributed by atoms with E-state index in [0.717, 1.165) is 11.5 Å². The number of nitrogens with one attached hydrogen (secondary N) is 1. The first-order chi connectivity index (χ1) is 7.33. The summed E-state index contributed by atoms with van der Waals surface area (Å²) >= 11 is 0.880. The van der Waals surface area contributed by atoms with Crippen molar-refractivity contribution in [3.63, 3.8) is 0 Å². The third-order valence-electron chi connectivity index (χ3n) is 1.75. The van der Waals surface area contributed by atoms with Crippen molar-refractivity contribution in [2.45, 2.75) is 32.1 Å². The molecule has 0 spiro atoms. The third-order valence-corrected chi connectivity index (χ3v) is 2.44. The first kappa shape index (κ1) is 13.1. The molecule has 0 aliphatic carbocycles. The van der Waals surface area contributed by atoms with Gasteiger partial charge < -0.3 is 5.32 Å². The highest BCUT2D eigenvalue weighted by Crippen LogP contribution is 2.24. The first-order valence-electron chi connectivity index (χ1n) is 4.56. The Morgan fingerprint density at radius 2 is 2.00 bits per heavy atom. The molecule has 0 aliphatic heterocycles. The van der Waals surface area contributed by atoms with Crippen LogP contribution in [-0.2, 0) is 0 Å². The second-order valence-corrected chi connectivity index (χ2v) is 4.28. The van der Waals surface area contributed by atoms with Gasteiger partial charge in [-0.3, -0.25) is 0 Å². The van der Waals surface area contributed by atoms with E-state index in [1.807, 2.05) is 13.8 Å². The van der Waals surface area contributed by atoms with Crippen LogP contribution in [0, 0.1) is 0 Å². The van der Waals surface area contributed by atoms with Crippen LogP contribution in [-0.4, -0.2) is 28.3 Å². The number of rotatable bonds is 5. The normalized spacial score (nSPS) is 12.5. The van der Waals surface area contributed by atoms with Crippen molar-refractivity contribution in [2.75, 3.05) is 11.9 Å². The highest BCUT2D eigenvalue weighted by atomic mass is 32.1. The summed E-state index contributed by atoms with van der Waals surface area (Å²) in [6.07, 6.45) is -3.68. The molecule has 0 unspecified atom stereocenters. The standard InChI is InChI=1S/C8H11F4N3S/c1-4(2)5-14-7(16-15-5)13-3-8(11,12)6(9)10/h4,6H,3H2,1-2H3,(H,13,14,15). The Hall–Kier alpha value is -0.920. The molecule has 0 fully saturated rings. The summed E-state index contributed by atoms with van der Waals surface area (Å²) in [4.78, 5) is 3.89. The Morgan fingerprint density at radius 3 is 2.44 bits per heavy atom. The zero-order chi connectivity index (χ0) is 12.3. The quantitative estimate of drug-likeness (QED) is 0.824. The highest BCUT2D eigenvalue weighted by molar-refractivity contribution is 7.09. The van der Waals surface area contributed by atoms with Crippen molar-refractivity contribution in [3.05, 3.63) is 5.82 Å². The lowest BCUT2D eigenvalue weighted by molar-refractivity contribution is -0.117. The van der Waals surface area contributed by atoms with Gasteiger partial charge in [-0.05, 0) is 0 Å². The fourth-order valence-corrected chi connectivity index (χ4v) is 1.51. The van der Waals surface area contributed by atoms with Crippen LogP contribution in [0.2, 0.25) is 0 Å². The molecule has 0 radical (unpaired) electrons. The molecule has 0 aliphatic rings. The molecule has 1 aromatic heterocycles. The molecule has 1 rings (SSSR count). The summed E-state index contributed by atoms with van der Waals surface area (Å²) < 4.78 is 52.6. The maximum Gasteiger partial charge on any atom is 0.324 e. The lowest BCUT2D eigenvalue weighted by atomic mass is 10.2. The molecule has 0 saturated heterocycles. The van der Waals surface area contributed by atoms with Gasteiger partial charge in [-0.25, -0.2) is 13.8 Å². The summed E-state index contributed by atoms with van der Waals surface area (Å²) in [5.74, 6) is -3.47. The van der Waals surface area contributed by atoms with E-state index in [0.29, 0.717) is 5.82 Å². The largest absolute Gasteiger partial charge is 0.354 e. The molecule has 8 heteroatoms. The number of alkyl halides is 4. The lowest BCUT2D eigenvalue weighted by Crippen LogP contribution is -2.34. The van der Waals surface area contributed by atoms with Gasteiger partial charge in [0.1, 0.15) is 5.82 Å². The number of aromatic nitrogens is 2. The molecule has 0 bridgehead atoms. The Balaban J connectivity index is 2.55. The van der Waals surface area contributed by atoms with Crippen molar-refractivity contribution in [3.8, 4) is 0 Å². The van der Waals surface area contributed by atoms with Gasteiger partial charge in [0, 0.05) is 17.5 Å². The molecule has 0 amide bonds. The fraction of sp³-hybridized carbons (Fsp3) is 0.750. The van der Waals surface area contributed by atoms with Gasteiger partial charge in [0.15, 0.2) is 0 Å². The number of nitrogens with zero attached hydrogens (tertiary/aromatic N) is 2. The van der Waals surface area contributed by atoms with Gasteiger partial charge in [-0.1, -0.05) is 13.8 Å². The van der Waals surface area contributed by atoms with Crippen LogP contribution >= 0.6 is 11.5 Å². The molecule has 0 atom stereocenters. The van der Waals surface area contributed by atoms with E-state index < -0.39 is 18.9 Å². The van der Waals surface area contributed by atoms with Crippen LogP contribution in [0.25, 0.3) is 0 Å². The van der Waals surface area contributed by atoms with Gasteiger partial charge in [-0.2, -0.15) is 13.2 Å². The minimum absolute atomic E-state index is 0.0717. The van der Waals surface area contributed by atoms with E-state index in [2.05, 4.69) is 14.7 Å². The second kappa shape index (κ2) is 4.94. The van der Waals surface area contributed by atoms with Gasteiger partial charge in [0.05, 0.1) is 6.54 Å². The molecule has 0 aromatic carbocycles. The summed E-state index contributed by atoms with van der Waals surface area (Å²) in [6.45, 7) is 2.55. The number of anilines is 1. The SMILES string of the molecule is CC(C)c1nsc(NCC(F)(F)C(F)F)n1. The van der Waals surface area contributed by atoms with E-state index in [9.17, 15) is 17.6 Å². The average Bonchev–Trinajstić information content (AvgIpc) is 2.63. The van der Waals surface area contributed by atoms with Crippen LogP contribution in [0.1, 0.15) is 25.6 Å². The molecule has 1 aromatic rings. The number of halogens is 4. The summed E-state index contributed by atoms with van der Waals surface area (Å²) in [5, 5.41) is 2.29. The number of hydrogen-bond acceptors (Lipinski definition) is 4. The van der Waals surface area contributed by atoms with Crippen LogP contribution < -0.4 is 5.32 Å². The van der Waals surface area contributed by atoms with E-state index >= 15 is 0 Å². The van der Waals surface area contributed by atoms with E-state index in [1.165, 1.54) is 0 Å². The lowest BCUT2D eigenvalue weighted by Gasteiger charge is -2.14. The molecule has 3 nitrogen and oxygen atoms in total. The topological polar surface area (TPSA) is 37.8 Å². The first-order valence-corrected chi connectivity index (χ1v) is 5.33. The Labute approximate surface area is 94.1 Å². The minimum Gasteiger partial charge on any atom is -0.354 e. The summed E-state index contributed by atoms with van der Waals surface area (Å²) in [5.41, 5.74) is 0. The summed E-state index contributed by atoms with van der Waals surface area (Å²) in [7, 11) is 0. The third kappa shape index (κ3) is 3.29. The maximum atomic E-state index is 12.5. The molecular formula is C8H11F4N3S. The molecule has 92 valence electrons.